The van der Waals surface area contributed by atoms with Gasteiger partial charge < -0.3 is 9.67 Å². The van der Waals surface area contributed by atoms with Gasteiger partial charge in [0.05, 0.1) is 0 Å². The summed E-state index contributed by atoms with van der Waals surface area (Å²) in [5, 5.41) is 10.2. The smallest absolute Gasteiger partial charge is 0.303 e. The van der Waals surface area contributed by atoms with Crippen molar-refractivity contribution < 1.29 is 9.90 Å². The number of hydrogen-bond acceptors (Lipinski definition) is 1. The Hall–Kier alpha value is -2.29. The van der Waals surface area contributed by atoms with Crippen LogP contribution in [0.3, 0.4) is 0 Å². The van der Waals surface area contributed by atoms with Crippen molar-refractivity contribution in [3.05, 3.63) is 60.3 Å². The lowest BCUT2D eigenvalue weighted by molar-refractivity contribution is -0.137. The van der Waals surface area contributed by atoms with Crippen LogP contribution in [0.4, 0.5) is 0 Å². The van der Waals surface area contributed by atoms with Gasteiger partial charge in [0.15, 0.2) is 0 Å². The highest BCUT2D eigenvalue weighted by molar-refractivity contribution is 5.84. The van der Waals surface area contributed by atoms with Gasteiger partial charge in [0, 0.05) is 30.1 Å². The molecule has 33 heavy (non-hydrogen) atoms. The zero-order valence-corrected chi connectivity index (χ0v) is 20.8. The summed E-state index contributed by atoms with van der Waals surface area (Å²) in [5.41, 5.74) is 2.64. The number of allylic oxidation sites excluding steroid dienone is 4. The van der Waals surface area contributed by atoms with E-state index in [1.807, 2.05) is 0 Å². The monoisotopic (exact) mass is 451 g/mol. The van der Waals surface area contributed by atoms with Crippen LogP contribution in [0.2, 0.25) is 0 Å². The number of aromatic nitrogens is 1. The molecule has 3 nitrogen and oxygen atoms in total. The van der Waals surface area contributed by atoms with Crippen LogP contribution in [0.5, 0.6) is 0 Å². The summed E-state index contributed by atoms with van der Waals surface area (Å²) in [7, 11) is 0. The summed E-state index contributed by atoms with van der Waals surface area (Å²) in [6.45, 7) is 3.03. The first-order valence-electron chi connectivity index (χ1n) is 13.3. The van der Waals surface area contributed by atoms with E-state index in [1.165, 1.54) is 87.1 Å². The van der Waals surface area contributed by atoms with Crippen molar-refractivity contribution in [1.29, 1.82) is 0 Å². The maximum absolute atomic E-state index is 10.8. The maximum atomic E-state index is 10.8. The average molecular weight is 452 g/mol. The molecule has 1 N–H and O–H groups in total. The van der Waals surface area contributed by atoms with Crippen LogP contribution >= 0.6 is 0 Å². The SMILES string of the molecule is CCCCC/C=C\C/C=C\CCCCCCCCc1cn(CCCC(=O)O)c2ccccc12. The average Bonchev–Trinajstić information content (AvgIpc) is 3.16. The molecule has 0 fully saturated rings. The highest BCUT2D eigenvalue weighted by atomic mass is 16.4. The second-order valence-electron chi connectivity index (χ2n) is 9.20. The first kappa shape index (κ1) is 27.0. The lowest BCUT2D eigenvalue weighted by Gasteiger charge is -2.03. The topological polar surface area (TPSA) is 42.2 Å². The van der Waals surface area contributed by atoms with Gasteiger partial charge in [0.25, 0.3) is 0 Å². The first-order valence-corrected chi connectivity index (χ1v) is 13.3. The van der Waals surface area contributed by atoms with Crippen molar-refractivity contribution in [2.24, 2.45) is 0 Å². The molecule has 1 aromatic carbocycles. The number of hydrogen-bond donors (Lipinski definition) is 1. The zero-order valence-electron chi connectivity index (χ0n) is 20.8. The van der Waals surface area contributed by atoms with E-state index < -0.39 is 5.97 Å². The highest BCUT2D eigenvalue weighted by Gasteiger charge is 2.08. The number of carboxylic acids is 1. The van der Waals surface area contributed by atoms with Gasteiger partial charge in [-0.25, -0.2) is 0 Å². The van der Waals surface area contributed by atoms with Crippen LogP contribution in [-0.4, -0.2) is 15.6 Å². The Morgan fingerprint density at radius 3 is 2.24 bits per heavy atom. The Morgan fingerprint density at radius 1 is 0.848 bits per heavy atom. The minimum atomic E-state index is -0.715. The number of para-hydroxylation sites is 1. The molecule has 0 radical (unpaired) electrons. The number of rotatable bonds is 19. The standard InChI is InChI=1S/C30H45NO2/c1-2-3-4-5-6-7-8-9-10-11-12-13-14-15-16-17-21-27-26-31(25-20-24-30(32)33)29-23-19-18-22-28(27)29/h6-7,9-10,18-19,22-23,26H,2-5,8,11-17,20-21,24-25H2,1H3,(H,32,33)/b7-6-,10-9-. The molecule has 3 heteroatoms. The van der Waals surface area contributed by atoms with Gasteiger partial charge >= 0.3 is 5.97 Å². The molecular weight excluding hydrogens is 406 g/mol. The van der Waals surface area contributed by atoms with E-state index >= 15 is 0 Å². The Bertz CT molecular complexity index is 846. The summed E-state index contributed by atoms with van der Waals surface area (Å²) in [6.07, 6.45) is 28.9. The summed E-state index contributed by atoms with van der Waals surface area (Å²) >= 11 is 0. The van der Waals surface area contributed by atoms with Gasteiger partial charge in [0.2, 0.25) is 0 Å². The largest absolute Gasteiger partial charge is 0.481 e. The fourth-order valence-electron chi connectivity index (χ4n) is 4.41. The quantitative estimate of drug-likeness (QED) is 0.171. The molecule has 0 saturated carbocycles. The summed E-state index contributed by atoms with van der Waals surface area (Å²) in [5.74, 6) is -0.715. The molecule has 0 amide bonds. The van der Waals surface area contributed by atoms with Crippen LogP contribution in [0.1, 0.15) is 102 Å². The van der Waals surface area contributed by atoms with Gasteiger partial charge in [-0.05, 0) is 63.0 Å². The summed E-state index contributed by atoms with van der Waals surface area (Å²) in [6, 6.07) is 8.53. The molecule has 0 atom stereocenters. The van der Waals surface area contributed by atoms with Crippen LogP contribution in [0.25, 0.3) is 10.9 Å². The van der Waals surface area contributed by atoms with E-state index in [9.17, 15) is 4.79 Å². The number of carboxylic acid groups (broad SMARTS) is 1. The molecule has 1 aromatic heterocycles. The molecule has 1 heterocycles. The van der Waals surface area contributed by atoms with Crippen LogP contribution in [0.15, 0.2) is 54.8 Å². The lowest BCUT2D eigenvalue weighted by Crippen LogP contribution is -2.00. The molecule has 0 unspecified atom stereocenters. The molecule has 2 rings (SSSR count). The van der Waals surface area contributed by atoms with Gasteiger partial charge in [0.1, 0.15) is 0 Å². The van der Waals surface area contributed by atoms with Crippen molar-refractivity contribution in [2.75, 3.05) is 0 Å². The third kappa shape index (κ3) is 11.4. The Balaban J connectivity index is 1.55. The number of benzene rings is 1. The minimum absolute atomic E-state index is 0.230. The van der Waals surface area contributed by atoms with E-state index in [1.54, 1.807) is 0 Å². The van der Waals surface area contributed by atoms with Crippen LogP contribution in [0, 0.1) is 0 Å². The Morgan fingerprint density at radius 2 is 1.52 bits per heavy atom. The number of unbranched alkanes of at least 4 members (excludes halogenated alkanes) is 9. The van der Waals surface area contributed by atoms with E-state index in [0.29, 0.717) is 6.42 Å². The van der Waals surface area contributed by atoms with E-state index in [0.717, 1.165) is 19.4 Å². The molecular formula is C30H45NO2. The van der Waals surface area contributed by atoms with Crippen LogP contribution < -0.4 is 0 Å². The second-order valence-corrected chi connectivity index (χ2v) is 9.20. The second kappa shape index (κ2) is 17.2. The number of aryl methyl sites for hydroxylation is 2. The minimum Gasteiger partial charge on any atom is -0.481 e. The molecule has 2 aromatic rings. The van der Waals surface area contributed by atoms with E-state index in [4.69, 9.17) is 5.11 Å². The van der Waals surface area contributed by atoms with Gasteiger partial charge in [-0.15, -0.1) is 0 Å². The molecule has 0 aliphatic carbocycles. The van der Waals surface area contributed by atoms with Crippen molar-refractivity contribution in [1.82, 2.24) is 4.57 Å². The van der Waals surface area contributed by atoms with Gasteiger partial charge in [-0.2, -0.15) is 0 Å². The number of nitrogens with zero attached hydrogens (tertiary/aromatic N) is 1. The highest BCUT2D eigenvalue weighted by Crippen LogP contribution is 2.24. The number of aliphatic carboxylic acids is 1. The Labute approximate surface area is 201 Å². The van der Waals surface area contributed by atoms with Crippen molar-refractivity contribution >= 4 is 16.9 Å². The molecule has 0 bridgehead atoms. The van der Waals surface area contributed by atoms with Gasteiger partial charge in [-0.1, -0.05) is 88.0 Å². The molecule has 0 saturated heterocycles. The molecule has 0 spiro atoms. The summed E-state index contributed by atoms with van der Waals surface area (Å²) < 4.78 is 2.24. The third-order valence-corrected chi connectivity index (χ3v) is 6.31. The summed E-state index contributed by atoms with van der Waals surface area (Å²) in [4.78, 5) is 10.8. The predicted molar refractivity (Wildman–Crippen MR) is 142 cm³/mol. The molecule has 0 aliphatic heterocycles. The molecule has 182 valence electrons. The third-order valence-electron chi connectivity index (χ3n) is 6.31. The predicted octanol–water partition coefficient (Wildman–Crippen LogP) is 8.86. The van der Waals surface area contributed by atoms with Crippen molar-refractivity contribution in [2.45, 2.75) is 110 Å². The number of fused-ring (bicyclic) bond motifs is 1. The van der Waals surface area contributed by atoms with Crippen molar-refractivity contribution in [3.63, 3.8) is 0 Å². The molecule has 0 aliphatic rings. The zero-order chi connectivity index (χ0) is 23.6. The normalized spacial score (nSPS) is 11.9. The number of carbonyl (C=O) groups is 1. The fraction of sp³-hybridized carbons (Fsp3) is 0.567. The van der Waals surface area contributed by atoms with Crippen LogP contribution in [-0.2, 0) is 17.8 Å². The van der Waals surface area contributed by atoms with Crippen molar-refractivity contribution in [3.8, 4) is 0 Å². The fourth-order valence-corrected chi connectivity index (χ4v) is 4.41. The van der Waals surface area contributed by atoms with E-state index in [2.05, 4.69) is 66.3 Å². The van der Waals surface area contributed by atoms with E-state index in [-0.39, 0.29) is 6.42 Å². The first-order chi connectivity index (χ1) is 16.2. The van der Waals surface area contributed by atoms with Gasteiger partial charge in [-0.3, -0.25) is 4.79 Å². The maximum Gasteiger partial charge on any atom is 0.303 e. The Kier molecular flexibility index (Phi) is 14.1. The lowest BCUT2D eigenvalue weighted by atomic mass is 10.0.